The van der Waals surface area contributed by atoms with E-state index in [1.54, 1.807) is 31.4 Å². The summed E-state index contributed by atoms with van der Waals surface area (Å²) in [6, 6.07) is 24.0. The smallest absolute Gasteiger partial charge is 0.225 e. The van der Waals surface area contributed by atoms with Crippen molar-refractivity contribution in [1.82, 2.24) is 5.32 Å². The van der Waals surface area contributed by atoms with E-state index in [2.05, 4.69) is 5.32 Å². The van der Waals surface area contributed by atoms with Gasteiger partial charge in [0.2, 0.25) is 5.91 Å². The number of nitrogens with one attached hydrogen (secondary N) is 1. The lowest BCUT2D eigenvalue weighted by molar-refractivity contribution is -0.120. The number of carbonyl (C=O) groups is 1. The first-order valence-corrected chi connectivity index (χ1v) is 8.42. The second-order valence-corrected chi connectivity index (χ2v) is 6.03. The van der Waals surface area contributed by atoms with E-state index in [1.807, 2.05) is 54.6 Å². The van der Waals surface area contributed by atoms with Gasteiger partial charge in [-0.05, 0) is 41.0 Å². The predicted molar refractivity (Wildman–Crippen MR) is 101 cm³/mol. The van der Waals surface area contributed by atoms with E-state index in [1.165, 1.54) is 0 Å². The number of aromatic hydroxyl groups is 1. The molecule has 0 heterocycles. The topological polar surface area (TPSA) is 58.6 Å². The molecule has 0 fully saturated rings. The summed E-state index contributed by atoms with van der Waals surface area (Å²) in [5, 5.41) is 12.5. The van der Waals surface area contributed by atoms with Crippen molar-refractivity contribution in [3.05, 3.63) is 95.6 Å². The van der Waals surface area contributed by atoms with Gasteiger partial charge in [0.15, 0.2) is 0 Å². The Kier molecular flexibility index (Phi) is 5.54. The van der Waals surface area contributed by atoms with E-state index in [-0.39, 0.29) is 24.1 Å². The Balaban J connectivity index is 1.81. The van der Waals surface area contributed by atoms with Crippen LogP contribution in [0.15, 0.2) is 78.9 Å². The van der Waals surface area contributed by atoms with Crippen LogP contribution in [-0.4, -0.2) is 18.1 Å². The molecule has 0 radical (unpaired) electrons. The largest absolute Gasteiger partial charge is 0.508 e. The van der Waals surface area contributed by atoms with E-state index < -0.39 is 0 Å². The molecule has 26 heavy (non-hydrogen) atoms. The van der Waals surface area contributed by atoms with Crippen molar-refractivity contribution in [3.8, 4) is 11.5 Å². The molecule has 0 saturated carbocycles. The Morgan fingerprint density at radius 2 is 1.54 bits per heavy atom. The second kappa shape index (κ2) is 8.21. The fraction of sp³-hybridized carbons (Fsp3) is 0.136. The number of amides is 1. The molecule has 4 nitrogen and oxygen atoms in total. The molecule has 3 aromatic carbocycles. The molecule has 132 valence electrons. The molecule has 1 unspecified atom stereocenters. The molecule has 4 heteroatoms. The van der Waals surface area contributed by atoms with Crippen molar-refractivity contribution in [2.24, 2.45) is 0 Å². The van der Waals surface area contributed by atoms with E-state index in [9.17, 15) is 9.90 Å². The van der Waals surface area contributed by atoms with Gasteiger partial charge in [0.05, 0.1) is 19.6 Å². The Hall–Kier alpha value is -3.27. The normalized spacial score (nSPS) is 11.6. The van der Waals surface area contributed by atoms with E-state index in [0.717, 1.165) is 22.4 Å². The van der Waals surface area contributed by atoms with Gasteiger partial charge in [-0.2, -0.15) is 0 Å². The summed E-state index contributed by atoms with van der Waals surface area (Å²) in [6.45, 7) is 0. The predicted octanol–water partition coefficient (Wildman–Crippen LogP) is 3.85. The Morgan fingerprint density at radius 1 is 0.923 bits per heavy atom. The van der Waals surface area contributed by atoms with Crippen molar-refractivity contribution >= 4 is 5.91 Å². The molecule has 0 bridgehead atoms. The average molecular weight is 347 g/mol. The molecule has 1 amide bonds. The number of methoxy groups -OCH3 is 1. The highest BCUT2D eigenvalue weighted by atomic mass is 16.5. The molecule has 0 aliphatic carbocycles. The van der Waals surface area contributed by atoms with Crippen LogP contribution in [0.25, 0.3) is 0 Å². The van der Waals surface area contributed by atoms with Gasteiger partial charge in [-0.3, -0.25) is 4.79 Å². The Morgan fingerprint density at radius 3 is 2.15 bits per heavy atom. The first-order valence-electron chi connectivity index (χ1n) is 8.42. The maximum absolute atomic E-state index is 12.6. The van der Waals surface area contributed by atoms with Crippen LogP contribution in [0, 0.1) is 0 Å². The minimum atomic E-state index is -0.244. The summed E-state index contributed by atoms with van der Waals surface area (Å²) in [5.41, 5.74) is 2.84. The number of hydrogen-bond acceptors (Lipinski definition) is 3. The van der Waals surface area contributed by atoms with Crippen LogP contribution in [0.1, 0.15) is 22.7 Å². The molecule has 3 aromatic rings. The number of ether oxygens (including phenoxy) is 1. The van der Waals surface area contributed by atoms with Gasteiger partial charge >= 0.3 is 0 Å². The van der Waals surface area contributed by atoms with Crippen molar-refractivity contribution in [2.45, 2.75) is 12.5 Å². The van der Waals surface area contributed by atoms with Crippen LogP contribution in [0.4, 0.5) is 0 Å². The highest BCUT2D eigenvalue weighted by Gasteiger charge is 2.17. The summed E-state index contributed by atoms with van der Waals surface area (Å²) in [4.78, 5) is 12.6. The Labute approximate surface area is 153 Å². The van der Waals surface area contributed by atoms with Gasteiger partial charge in [0.25, 0.3) is 0 Å². The lowest BCUT2D eigenvalue weighted by atomic mass is 9.98. The Bertz CT molecular complexity index is 843. The van der Waals surface area contributed by atoms with Crippen LogP contribution < -0.4 is 10.1 Å². The zero-order valence-corrected chi connectivity index (χ0v) is 14.6. The highest BCUT2D eigenvalue weighted by molar-refractivity contribution is 5.79. The van der Waals surface area contributed by atoms with E-state index in [4.69, 9.17) is 4.74 Å². The lowest BCUT2D eigenvalue weighted by Gasteiger charge is -2.20. The van der Waals surface area contributed by atoms with Crippen LogP contribution in [-0.2, 0) is 11.2 Å². The summed E-state index contributed by atoms with van der Waals surface area (Å²) in [7, 11) is 1.63. The second-order valence-electron chi connectivity index (χ2n) is 6.03. The fourth-order valence-electron chi connectivity index (χ4n) is 2.81. The van der Waals surface area contributed by atoms with Crippen LogP contribution >= 0.6 is 0 Å². The van der Waals surface area contributed by atoms with Crippen molar-refractivity contribution in [1.29, 1.82) is 0 Å². The van der Waals surface area contributed by atoms with Crippen molar-refractivity contribution in [3.63, 3.8) is 0 Å². The molecule has 0 aliphatic rings. The average Bonchev–Trinajstić information content (AvgIpc) is 2.69. The number of phenolic OH excluding ortho intramolecular Hbond substituents is 1. The van der Waals surface area contributed by atoms with Gasteiger partial charge in [-0.1, -0.05) is 54.6 Å². The summed E-state index contributed by atoms with van der Waals surface area (Å²) >= 11 is 0. The molecular weight excluding hydrogens is 326 g/mol. The van der Waals surface area contributed by atoms with Crippen LogP contribution in [0.3, 0.4) is 0 Å². The maximum Gasteiger partial charge on any atom is 0.225 e. The zero-order valence-electron chi connectivity index (χ0n) is 14.6. The highest BCUT2D eigenvalue weighted by Crippen LogP contribution is 2.24. The molecule has 0 spiro atoms. The molecule has 0 saturated heterocycles. The SMILES string of the molecule is COc1ccc(C(NC(=O)Cc2ccc(O)cc2)c2ccccc2)cc1. The molecule has 0 aromatic heterocycles. The molecule has 1 atom stereocenters. The maximum atomic E-state index is 12.6. The first-order chi connectivity index (χ1) is 12.7. The third-order valence-electron chi connectivity index (χ3n) is 4.19. The number of benzene rings is 3. The van der Waals surface area contributed by atoms with Gasteiger partial charge in [0.1, 0.15) is 11.5 Å². The van der Waals surface area contributed by atoms with Gasteiger partial charge in [0, 0.05) is 0 Å². The minimum absolute atomic E-state index is 0.0830. The van der Waals surface area contributed by atoms with Gasteiger partial charge in [-0.15, -0.1) is 0 Å². The van der Waals surface area contributed by atoms with Gasteiger partial charge in [-0.25, -0.2) is 0 Å². The van der Waals surface area contributed by atoms with Crippen molar-refractivity contribution in [2.75, 3.05) is 7.11 Å². The van der Waals surface area contributed by atoms with Crippen LogP contribution in [0.2, 0.25) is 0 Å². The monoisotopic (exact) mass is 347 g/mol. The first kappa shape index (κ1) is 17.5. The third-order valence-corrected chi connectivity index (χ3v) is 4.19. The minimum Gasteiger partial charge on any atom is -0.508 e. The molecule has 0 aliphatic heterocycles. The third kappa shape index (κ3) is 4.42. The number of carbonyl (C=O) groups excluding carboxylic acids is 1. The van der Waals surface area contributed by atoms with Crippen molar-refractivity contribution < 1.29 is 14.6 Å². The summed E-state index contributed by atoms with van der Waals surface area (Å²) < 4.78 is 5.22. The lowest BCUT2D eigenvalue weighted by Crippen LogP contribution is -2.30. The number of phenols is 1. The standard InChI is InChI=1S/C22H21NO3/c1-26-20-13-9-18(10-14-20)22(17-5-3-2-4-6-17)23-21(25)15-16-7-11-19(24)12-8-16/h2-14,22,24H,15H2,1H3,(H,23,25). The van der Waals surface area contributed by atoms with Crippen LogP contribution in [0.5, 0.6) is 11.5 Å². The molecular formula is C22H21NO3. The van der Waals surface area contributed by atoms with Gasteiger partial charge < -0.3 is 15.2 Å². The number of rotatable bonds is 6. The number of hydrogen-bond donors (Lipinski definition) is 2. The summed E-state index contributed by atoms with van der Waals surface area (Å²) in [6.07, 6.45) is 0.250. The molecule has 3 rings (SSSR count). The fourth-order valence-corrected chi connectivity index (χ4v) is 2.81. The summed E-state index contributed by atoms with van der Waals surface area (Å²) in [5.74, 6) is 0.880. The van der Waals surface area contributed by atoms with E-state index in [0.29, 0.717) is 0 Å². The molecule has 2 N–H and O–H groups in total. The quantitative estimate of drug-likeness (QED) is 0.712. The van der Waals surface area contributed by atoms with E-state index >= 15 is 0 Å². The zero-order chi connectivity index (χ0) is 18.4.